The van der Waals surface area contributed by atoms with Crippen LogP contribution in [0.4, 0.5) is 0 Å². The summed E-state index contributed by atoms with van der Waals surface area (Å²) in [4.78, 5) is 4.96. The van der Waals surface area contributed by atoms with Crippen LogP contribution in [0, 0.1) is 13.8 Å². The minimum atomic E-state index is 0.132. The molecule has 1 aliphatic heterocycles. The van der Waals surface area contributed by atoms with Crippen molar-refractivity contribution in [1.82, 2.24) is 20.0 Å². The number of aromatic nitrogens is 2. The van der Waals surface area contributed by atoms with Crippen LogP contribution < -0.4 is 0 Å². The zero-order valence-electron chi connectivity index (χ0n) is 16.9. The summed E-state index contributed by atoms with van der Waals surface area (Å²) in [6, 6.07) is 17.0. The smallest absolute Gasteiger partial charge is 0.247 e. The summed E-state index contributed by atoms with van der Waals surface area (Å²) < 4.78 is 5.99. The third kappa shape index (κ3) is 4.16. The van der Waals surface area contributed by atoms with Gasteiger partial charge in [0.1, 0.15) is 0 Å². The van der Waals surface area contributed by atoms with E-state index in [9.17, 15) is 0 Å². The Bertz CT molecular complexity index is 910. The third-order valence-electron chi connectivity index (χ3n) is 5.71. The Balaban J connectivity index is 1.36. The second-order valence-corrected chi connectivity index (χ2v) is 7.73. The zero-order valence-corrected chi connectivity index (χ0v) is 16.9. The van der Waals surface area contributed by atoms with Crippen molar-refractivity contribution in [2.45, 2.75) is 33.4 Å². The van der Waals surface area contributed by atoms with Crippen LogP contribution in [0.2, 0.25) is 0 Å². The molecule has 1 atom stereocenters. The molecule has 0 bridgehead atoms. The minimum Gasteiger partial charge on any atom is -0.419 e. The Labute approximate surface area is 167 Å². The summed E-state index contributed by atoms with van der Waals surface area (Å²) in [5.41, 5.74) is 4.98. The molecule has 1 aliphatic rings. The average molecular weight is 377 g/mol. The Hall–Kier alpha value is -2.50. The number of rotatable bonds is 5. The predicted molar refractivity (Wildman–Crippen MR) is 111 cm³/mol. The van der Waals surface area contributed by atoms with Crippen LogP contribution in [0.25, 0.3) is 11.5 Å². The summed E-state index contributed by atoms with van der Waals surface area (Å²) in [6.07, 6.45) is 0. The van der Waals surface area contributed by atoms with Gasteiger partial charge in [0, 0.05) is 38.3 Å². The van der Waals surface area contributed by atoms with Crippen molar-refractivity contribution in [2.24, 2.45) is 0 Å². The average Bonchev–Trinajstić information content (AvgIpc) is 3.20. The highest BCUT2D eigenvalue weighted by molar-refractivity contribution is 5.52. The molecule has 1 aromatic heterocycles. The molecule has 0 aliphatic carbocycles. The fraction of sp³-hybridized carbons (Fsp3) is 0.391. The van der Waals surface area contributed by atoms with Gasteiger partial charge in [-0.05, 0) is 44.0 Å². The van der Waals surface area contributed by atoms with Crippen molar-refractivity contribution < 1.29 is 4.42 Å². The van der Waals surface area contributed by atoms with Gasteiger partial charge >= 0.3 is 0 Å². The molecular weight excluding hydrogens is 348 g/mol. The quantitative estimate of drug-likeness (QED) is 0.667. The first-order valence-corrected chi connectivity index (χ1v) is 10.0. The Kier molecular flexibility index (Phi) is 5.55. The van der Waals surface area contributed by atoms with E-state index >= 15 is 0 Å². The lowest BCUT2D eigenvalue weighted by Crippen LogP contribution is -2.46. The standard InChI is InChI=1S/C23H28N4O/c1-17-8-10-20(11-9-17)23-25-24-22(28-23)19(3)27-14-12-26(13-15-27)16-21-7-5-4-6-18(21)2/h4-11,19H,12-16H2,1-3H3. The second-order valence-electron chi connectivity index (χ2n) is 7.73. The van der Waals surface area contributed by atoms with Crippen LogP contribution in [0.5, 0.6) is 0 Å². The molecule has 146 valence electrons. The van der Waals surface area contributed by atoms with Gasteiger partial charge in [0.05, 0.1) is 6.04 Å². The van der Waals surface area contributed by atoms with E-state index in [1.54, 1.807) is 0 Å². The highest BCUT2D eigenvalue weighted by Gasteiger charge is 2.26. The van der Waals surface area contributed by atoms with Crippen molar-refractivity contribution >= 4 is 0 Å². The number of nitrogens with zero attached hydrogens (tertiary/aromatic N) is 4. The van der Waals surface area contributed by atoms with E-state index in [0.29, 0.717) is 11.8 Å². The Morgan fingerprint density at radius 3 is 2.36 bits per heavy atom. The second kappa shape index (κ2) is 8.25. The summed E-state index contributed by atoms with van der Waals surface area (Å²) >= 11 is 0. The van der Waals surface area contributed by atoms with E-state index in [4.69, 9.17) is 4.42 Å². The molecule has 1 unspecified atom stereocenters. The van der Waals surface area contributed by atoms with Gasteiger partial charge in [-0.1, -0.05) is 42.0 Å². The van der Waals surface area contributed by atoms with Crippen LogP contribution in [0.15, 0.2) is 52.9 Å². The number of hydrogen-bond donors (Lipinski definition) is 0. The van der Waals surface area contributed by atoms with Crippen LogP contribution in [0.1, 0.15) is 35.5 Å². The number of hydrogen-bond acceptors (Lipinski definition) is 5. The first-order chi connectivity index (χ1) is 13.6. The molecule has 1 saturated heterocycles. The SMILES string of the molecule is Cc1ccc(-c2nnc(C(C)N3CCN(Cc4ccccc4C)CC3)o2)cc1. The molecule has 0 saturated carbocycles. The molecule has 0 radical (unpaired) electrons. The van der Waals surface area contributed by atoms with Crippen LogP contribution in [-0.2, 0) is 6.54 Å². The van der Waals surface area contributed by atoms with E-state index < -0.39 is 0 Å². The Morgan fingerprint density at radius 1 is 0.929 bits per heavy atom. The number of aryl methyl sites for hydroxylation is 2. The van der Waals surface area contributed by atoms with Gasteiger partial charge in [-0.2, -0.15) is 0 Å². The molecule has 5 heteroatoms. The van der Waals surface area contributed by atoms with Crippen molar-refractivity contribution in [1.29, 1.82) is 0 Å². The van der Waals surface area contributed by atoms with E-state index in [1.165, 1.54) is 16.7 Å². The summed E-state index contributed by atoms with van der Waals surface area (Å²) in [5, 5.41) is 8.58. The summed E-state index contributed by atoms with van der Waals surface area (Å²) in [5.74, 6) is 1.29. The molecule has 1 fully saturated rings. The van der Waals surface area contributed by atoms with Gasteiger partial charge in [0.15, 0.2) is 0 Å². The first-order valence-electron chi connectivity index (χ1n) is 10.0. The van der Waals surface area contributed by atoms with Gasteiger partial charge in [0.2, 0.25) is 11.8 Å². The third-order valence-corrected chi connectivity index (χ3v) is 5.71. The highest BCUT2D eigenvalue weighted by atomic mass is 16.4. The molecule has 0 N–H and O–H groups in total. The van der Waals surface area contributed by atoms with Crippen LogP contribution in [0.3, 0.4) is 0 Å². The fourth-order valence-corrected chi connectivity index (χ4v) is 3.71. The molecule has 2 aromatic carbocycles. The highest BCUT2D eigenvalue weighted by Crippen LogP contribution is 2.25. The molecule has 0 spiro atoms. The molecule has 2 heterocycles. The van der Waals surface area contributed by atoms with Crippen molar-refractivity contribution in [3.8, 4) is 11.5 Å². The maximum atomic E-state index is 5.99. The lowest BCUT2D eigenvalue weighted by Gasteiger charge is -2.37. The topological polar surface area (TPSA) is 45.4 Å². The predicted octanol–water partition coefficient (Wildman–Crippen LogP) is 4.23. The van der Waals surface area contributed by atoms with Gasteiger partial charge in [0.25, 0.3) is 0 Å². The minimum absolute atomic E-state index is 0.132. The number of benzene rings is 2. The monoisotopic (exact) mass is 376 g/mol. The molecule has 4 rings (SSSR count). The summed E-state index contributed by atoms with van der Waals surface area (Å²) in [6.45, 7) is 11.6. The van der Waals surface area contributed by atoms with Gasteiger partial charge in [-0.3, -0.25) is 9.80 Å². The molecule has 3 aromatic rings. The summed E-state index contributed by atoms with van der Waals surface area (Å²) in [7, 11) is 0. The van der Waals surface area contributed by atoms with E-state index in [0.717, 1.165) is 38.3 Å². The maximum absolute atomic E-state index is 5.99. The van der Waals surface area contributed by atoms with Crippen molar-refractivity contribution in [3.63, 3.8) is 0 Å². The van der Waals surface area contributed by atoms with Crippen LogP contribution in [-0.4, -0.2) is 46.2 Å². The first kappa shape index (κ1) is 18.8. The van der Waals surface area contributed by atoms with E-state index in [2.05, 4.69) is 77.2 Å². The van der Waals surface area contributed by atoms with Crippen molar-refractivity contribution in [3.05, 3.63) is 71.1 Å². The molecule has 5 nitrogen and oxygen atoms in total. The lowest BCUT2D eigenvalue weighted by molar-refractivity contribution is 0.0875. The van der Waals surface area contributed by atoms with E-state index in [-0.39, 0.29) is 6.04 Å². The molecular formula is C23H28N4O. The Morgan fingerprint density at radius 2 is 1.64 bits per heavy atom. The fourth-order valence-electron chi connectivity index (χ4n) is 3.71. The largest absolute Gasteiger partial charge is 0.419 e. The normalized spacial score (nSPS) is 17.0. The van der Waals surface area contributed by atoms with Gasteiger partial charge in [-0.15, -0.1) is 10.2 Å². The molecule has 28 heavy (non-hydrogen) atoms. The lowest BCUT2D eigenvalue weighted by atomic mass is 10.1. The number of piperazine rings is 1. The molecule has 0 amide bonds. The van der Waals surface area contributed by atoms with Crippen LogP contribution >= 0.6 is 0 Å². The van der Waals surface area contributed by atoms with Gasteiger partial charge in [-0.25, -0.2) is 0 Å². The zero-order chi connectivity index (χ0) is 19.5. The maximum Gasteiger partial charge on any atom is 0.247 e. The van der Waals surface area contributed by atoms with Crippen molar-refractivity contribution in [2.75, 3.05) is 26.2 Å². The van der Waals surface area contributed by atoms with Gasteiger partial charge < -0.3 is 4.42 Å². The van der Waals surface area contributed by atoms with E-state index in [1.807, 2.05) is 12.1 Å².